The van der Waals surface area contributed by atoms with E-state index in [0.717, 1.165) is 68.0 Å². The molecule has 52 heavy (non-hydrogen) atoms. The van der Waals surface area contributed by atoms with Crippen LogP contribution in [0.15, 0.2) is 77.5 Å². The van der Waals surface area contributed by atoms with Crippen molar-refractivity contribution >= 4 is 46.4 Å². The minimum absolute atomic E-state index is 0.0749. The van der Waals surface area contributed by atoms with Crippen molar-refractivity contribution in [2.75, 3.05) is 31.5 Å². The van der Waals surface area contributed by atoms with Crippen LogP contribution < -0.4 is 5.32 Å². The number of halogens is 2. The number of aryl methyl sites for hydroxylation is 2. The van der Waals surface area contributed by atoms with Crippen molar-refractivity contribution in [1.29, 1.82) is 0 Å². The highest BCUT2D eigenvalue weighted by molar-refractivity contribution is 6.42. The number of piperidine rings is 1. The van der Waals surface area contributed by atoms with Crippen molar-refractivity contribution in [2.45, 2.75) is 46.2 Å². The van der Waals surface area contributed by atoms with Gasteiger partial charge in [0.1, 0.15) is 23.6 Å². The highest BCUT2D eigenvalue weighted by Crippen LogP contribution is 2.40. The van der Waals surface area contributed by atoms with Gasteiger partial charge in [0.25, 0.3) is 11.8 Å². The van der Waals surface area contributed by atoms with Gasteiger partial charge in [-0.2, -0.15) is 5.10 Å². The number of rotatable bonds is 8. The SMILES string of the molecule is Cc1cc(C)n2ncc(C(=O)Nc3ccc(-c4cn(Cc5ccc(C(=O)N6CCCC7(CCN(Cc8ccc(Cl)c(Cl)c8)C7)C6)o5)nn4)cc3)c2n1. The van der Waals surface area contributed by atoms with Gasteiger partial charge in [0.2, 0.25) is 0 Å². The van der Waals surface area contributed by atoms with Gasteiger partial charge in [0.15, 0.2) is 11.4 Å². The summed E-state index contributed by atoms with van der Waals surface area (Å²) in [5.41, 5.74) is 5.99. The van der Waals surface area contributed by atoms with Gasteiger partial charge in [0, 0.05) is 54.2 Å². The Bertz CT molecular complexity index is 2300. The normalized spacial score (nSPS) is 17.7. The lowest BCUT2D eigenvalue weighted by Gasteiger charge is -2.40. The van der Waals surface area contributed by atoms with Crippen LogP contribution in [0.1, 0.15) is 62.9 Å². The number of amides is 2. The largest absolute Gasteiger partial charge is 0.454 e. The second-order valence-corrected chi connectivity index (χ2v) is 14.8. The lowest BCUT2D eigenvalue weighted by Crippen LogP contribution is -2.47. The molecule has 0 aliphatic carbocycles. The van der Waals surface area contributed by atoms with Crippen LogP contribution in [-0.4, -0.2) is 77.4 Å². The molecule has 4 aromatic heterocycles. The van der Waals surface area contributed by atoms with Crippen molar-refractivity contribution in [1.82, 2.24) is 39.4 Å². The van der Waals surface area contributed by atoms with Crippen LogP contribution in [0.2, 0.25) is 10.0 Å². The monoisotopic (exact) mass is 737 g/mol. The molecule has 0 radical (unpaired) electrons. The van der Waals surface area contributed by atoms with E-state index >= 15 is 0 Å². The van der Waals surface area contributed by atoms with Gasteiger partial charge >= 0.3 is 0 Å². The predicted molar refractivity (Wildman–Crippen MR) is 198 cm³/mol. The van der Waals surface area contributed by atoms with E-state index in [-0.39, 0.29) is 17.2 Å². The molecule has 8 rings (SSSR count). The zero-order valence-electron chi connectivity index (χ0n) is 28.9. The van der Waals surface area contributed by atoms with Crippen molar-refractivity contribution in [3.63, 3.8) is 0 Å². The number of anilines is 1. The summed E-state index contributed by atoms with van der Waals surface area (Å²) < 4.78 is 9.38. The van der Waals surface area contributed by atoms with Crippen LogP contribution in [0.4, 0.5) is 5.69 Å². The molecule has 2 aliphatic heterocycles. The van der Waals surface area contributed by atoms with Crippen LogP contribution in [-0.2, 0) is 13.1 Å². The van der Waals surface area contributed by atoms with Gasteiger partial charge in [-0.3, -0.25) is 14.5 Å². The fourth-order valence-corrected chi connectivity index (χ4v) is 7.85. The molecule has 0 bridgehead atoms. The topological polar surface area (TPSA) is 127 Å². The molecule has 6 heterocycles. The molecule has 0 saturated carbocycles. The minimum atomic E-state index is -0.288. The summed E-state index contributed by atoms with van der Waals surface area (Å²) in [7, 11) is 0. The quantitative estimate of drug-likeness (QED) is 0.178. The summed E-state index contributed by atoms with van der Waals surface area (Å²) in [4.78, 5) is 35.5. The average molecular weight is 739 g/mol. The number of nitrogens with one attached hydrogen (secondary N) is 1. The summed E-state index contributed by atoms with van der Waals surface area (Å²) in [5, 5.41) is 17.0. The van der Waals surface area contributed by atoms with Crippen LogP contribution in [0.5, 0.6) is 0 Å². The van der Waals surface area contributed by atoms with Gasteiger partial charge in [-0.15, -0.1) is 5.10 Å². The zero-order chi connectivity index (χ0) is 36.0. The summed E-state index contributed by atoms with van der Waals surface area (Å²) in [5.74, 6) is 0.582. The molecule has 2 fully saturated rings. The van der Waals surface area contributed by atoms with Crippen molar-refractivity contribution in [3.05, 3.63) is 117 Å². The Balaban J connectivity index is 0.865. The first-order valence-corrected chi connectivity index (χ1v) is 18.1. The summed E-state index contributed by atoms with van der Waals surface area (Å²) >= 11 is 12.4. The third-order valence-electron chi connectivity index (χ3n) is 10.0. The van der Waals surface area contributed by atoms with Crippen LogP contribution >= 0.6 is 23.2 Å². The van der Waals surface area contributed by atoms with E-state index in [1.165, 1.54) is 6.20 Å². The standard InChI is InChI=1S/C38H37Cl2N9O3/c1-24-16-25(2)49-35(42-24)30(18-41-49)36(50)43-28-7-5-27(6-8-28)33-21-48(45-44-33)20-29-9-11-34(52-29)37(51)47-14-3-12-38(23-47)13-15-46(22-38)19-26-4-10-31(39)32(40)17-26/h4-11,16-18,21H,3,12-15,19-20,22-23H2,1-2H3,(H,43,50). The second-order valence-electron chi connectivity index (χ2n) is 14.0. The maximum Gasteiger partial charge on any atom is 0.289 e. The average Bonchev–Trinajstić information content (AvgIpc) is 3.95. The first-order chi connectivity index (χ1) is 25.1. The molecule has 1 atom stereocenters. The number of carbonyl (C=O) groups excluding carboxylic acids is 2. The fourth-order valence-electron chi connectivity index (χ4n) is 7.53. The third-order valence-corrected chi connectivity index (χ3v) is 10.8. The first-order valence-electron chi connectivity index (χ1n) is 17.3. The molecule has 14 heteroatoms. The Morgan fingerprint density at radius 2 is 1.79 bits per heavy atom. The number of likely N-dealkylation sites (tertiary alicyclic amines) is 2. The molecule has 1 unspecified atom stereocenters. The molecule has 12 nitrogen and oxygen atoms in total. The van der Waals surface area contributed by atoms with Crippen molar-refractivity contribution in [2.24, 2.45) is 5.41 Å². The molecule has 2 aromatic carbocycles. The molecule has 2 amide bonds. The van der Waals surface area contributed by atoms with E-state index in [1.807, 2.05) is 79.5 Å². The molecule has 6 aromatic rings. The van der Waals surface area contributed by atoms with Crippen molar-refractivity contribution in [3.8, 4) is 11.3 Å². The minimum Gasteiger partial charge on any atom is -0.454 e. The van der Waals surface area contributed by atoms with E-state index in [2.05, 4.69) is 30.6 Å². The first kappa shape index (κ1) is 34.1. The summed E-state index contributed by atoms with van der Waals surface area (Å²) in [6.45, 7) is 8.30. The number of fused-ring (bicyclic) bond motifs is 1. The Morgan fingerprint density at radius 1 is 0.942 bits per heavy atom. The molecule has 266 valence electrons. The number of aromatic nitrogens is 6. The predicted octanol–water partition coefficient (Wildman–Crippen LogP) is 6.93. The van der Waals surface area contributed by atoms with E-state index < -0.39 is 0 Å². The molecule has 1 N–H and O–H groups in total. The van der Waals surface area contributed by atoms with Gasteiger partial charge in [0.05, 0.1) is 22.4 Å². The molecular weight excluding hydrogens is 701 g/mol. The molecule has 1 spiro atoms. The lowest BCUT2D eigenvalue weighted by atomic mass is 9.79. The lowest BCUT2D eigenvalue weighted by molar-refractivity contribution is 0.0496. The number of benzene rings is 2. The Morgan fingerprint density at radius 3 is 2.62 bits per heavy atom. The smallest absolute Gasteiger partial charge is 0.289 e. The summed E-state index contributed by atoms with van der Waals surface area (Å²) in [6.07, 6.45) is 6.47. The van der Waals surface area contributed by atoms with Gasteiger partial charge in [-0.05, 0) is 87.7 Å². The van der Waals surface area contributed by atoms with E-state index in [9.17, 15) is 9.59 Å². The number of hydrogen-bond acceptors (Lipinski definition) is 8. The molecule has 2 aliphatic rings. The number of carbonyl (C=O) groups is 2. The van der Waals surface area contributed by atoms with Crippen LogP contribution in [0.3, 0.4) is 0 Å². The summed E-state index contributed by atoms with van der Waals surface area (Å²) in [6, 6.07) is 18.7. The number of hydrogen-bond donors (Lipinski definition) is 1. The van der Waals surface area contributed by atoms with E-state index in [1.54, 1.807) is 15.3 Å². The van der Waals surface area contributed by atoms with Gasteiger partial charge in [-0.25, -0.2) is 14.2 Å². The molecular formula is C38H37Cl2N9O3. The molecule has 2 saturated heterocycles. The Hall–Kier alpha value is -5.04. The maximum absolute atomic E-state index is 13.6. The second kappa shape index (κ2) is 13.8. The van der Waals surface area contributed by atoms with Crippen LogP contribution in [0.25, 0.3) is 16.9 Å². The Labute approximate surface area is 310 Å². The third kappa shape index (κ3) is 6.93. The van der Waals surface area contributed by atoms with E-state index in [4.69, 9.17) is 27.6 Å². The Kier molecular flexibility index (Phi) is 9.06. The van der Waals surface area contributed by atoms with Crippen LogP contribution in [0, 0.1) is 19.3 Å². The van der Waals surface area contributed by atoms with Crippen molar-refractivity contribution < 1.29 is 14.0 Å². The zero-order valence-corrected chi connectivity index (χ0v) is 30.4. The highest BCUT2D eigenvalue weighted by Gasteiger charge is 2.42. The maximum atomic E-state index is 13.6. The number of furan rings is 1. The van der Waals surface area contributed by atoms with Gasteiger partial charge < -0.3 is 14.6 Å². The highest BCUT2D eigenvalue weighted by atomic mass is 35.5. The van der Waals surface area contributed by atoms with E-state index in [0.29, 0.717) is 57.2 Å². The number of nitrogens with zero attached hydrogens (tertiary/aromatic N) is 8. The van der Waals surface area contributed by atoms with Gasteiger partial charge in [-0.1, -0.05) is 46.6 Å². The fraction of sp³-hybridized carbons (Fsp3) is 0.316.